The Morgan fingerprint density at radius 1 is 1.13 bits per heavy atom. The minimum atomic E-state index is 0.762. The van der Waals surface area contributed by atoms with E-state index in [-0.39, 0.29) is 0 Å². The molecule has 3 heteroatoms. The Labute approximate surface area is 93.6 Å². The second-order valence-corrected chi connectivity index (χ2v) is 5.42. The summed E-state index contributed by atoms with van der Waals surface area (Å²) in [6.45, 7) is 7.32. The van der Waals surface area contributed by atoms with Crippen LogP contribution in [-0.4, -0.2) is 56.1 Å². The normalized spacial score (nSPS) is 34.8. The van der Waals surface area contributed by atoms with Gasteiger partial charge in [-0.05, 0) is 57.8 Å². The number of nitrogens with zero attached hydrogens (tertiary/aromatic N) is 2. The summed E-state index contributed by atoms with van der Waals surface area (Å²) in [6.07, 6.45) is 4.09. The lowest BCUT2D eigenvalue weighted by molar-refractivity contribution is 0.155. The molecule has 0 spiro atoms. The van der Waals surface area contributed by atoms with E-state index in [4.69, 9.17) is 5.73 Å². The maximum absolute atomic E-state index is 5.76. The van der Waals surface area contributed by atoms with Crippen molar-refractivity contribution >= 4 is 0 Å². The van der Waals surface area contributed by atoms with E-state index in [0.717, 1.165) is 18.4 Å². The summed E-state index contributed by atoms with van der Waals surface area (Å²) < 4.78 is 0. The highest BCUT2D eigenvalue weighted by atomic mass is 15.2. The number of hydrogen-bond acceptors (Lipinski definition) is 3. The summed E-state index contributed by atoms with van der Waals surface area (Å²) >= 11 is 0. The van der Waals surface area contributed by atoms with Gasteiger partial charge in [0.15, 0.2) is 0 Å². The highest BCUT2D eigenvalue weighted by molar-refractivity contribution is 4.80. The molecule has 2 fully saturated rings. The van der Waals surface area contributed by atoms with Gasteiger partial charge in [0.2, 0.25) is 0 Å². The van der Waals surface area contributed by atoms with Crippen LogP contribution in [0.4, 0.5) is 0 Å². The molecule has 2 atom stereocenters. The second kappa shape index (κ2) is 5.28. The average molecular weight is 211 g/mol. The first-order valence-corrected chi connectivity index (χ1v) is 6.39. The number of piperidine rings is 1. The standard InChI is InChI=1S/C12H25N3/c1-14-6-4-12(8-14)10-15-5-2-3-11(7-13)9-15/h11-12H,2-10,13H2,1H3. The quantitative estimate of drug-likeness (QED) is 0.742. The van der Waals surface area contributed by atoms with E-state index in [2.05, 4.69) is 16.8 Å². The maximum Gasteiger partial charge on any atom is 0.00225 e. The van der Waals surface area contributed by atoms with Crippen molar-refractivity contribution in [1.82, 2.24) is 9.80 Å². The van der Waals surface area contributed by atoms with Crippen molar-refractivity contribution in [2.45, 2.75) is 19.3 Å². The highest BCUT2D eigenvalue weighted by Crippen LogP contribution is 2.20. The van der Waals surface area contributed by atoms with E-state index < -0.39 is 0 Å². The fourth-order valence-electron chi connectivity index (χ4n) is 3.05. The lowest BCUT2D eigenvalue weighted by Crippen LogP contribution is -2.41. The predicted molar refractivity (Wildman–Crippen MR) is 63.8 cm³/mol. The molecule has 2 aliphatic rings. The Morgan fingerprint density at radius 2 is 2.00 bits per heavy atom. The summed E-state index contributed by atoms with van der Waals surface area (Å²) in [5.74, 6) is 1.67. The largest absolute Gasteiger partial charge is 0.330 e. The molecule has 0 bridgehead atoms. The van der Waals surface area contributed by atoms with Crippen molar-refractivity contribution in [3.05, 3.63) is 0 Å². The van der Waals surface area contributed by atoms with Gasteiger partial charge in [0.25, 0.3) is 0 Å². The van der Waals surface area contributed by atoms with Gasteiger partial charge in [-0.15, -0.1) is 0 Å². The lowest BCUT2D eigenvalue weighted by atomic mass is 9.97. The van der Waals surface area contributed by atoms with Crippen LogP contribution in [0.2, 0.25) is 0 Å². The van der Waals surface area contributed by atoms with Gasteiger partial charge >= 0.3 is 0 Å². The van der Waals surface area contributed by atoms with Crippen molar-refractivity contribution in [1.29, 1.82) is 0 Å². The molecule has 15 heavy (non-hydrogen) atoms. The molecular weight excluding hydrogens is 186 g/mol. The topological polar surface area (TPSA) is 32.5 Å². The molecule has 3 nitrogen and oxygen atoms in total. The molecular formula is C12H25N3. The Hall–Kier alpha value is -0.120. The fourth-order valence-corrected chi connectivity index (χ4v) is 3.05. The molecule has 2 saturated heterocycles. The molecule has 2 aliphatic heterocycles. The van der Waals surface area contributed by atoms with Crippen molar-refractivity contribution in [2.75, 3.05) is 46.3 Å². The van der Waals surface area contributed by atoms with Crippen molar-refractivity contribution in [2.24, 2.45) is 17.6 Å². The number of rotatable bonds is 3. The smallest absolute Gasteiger partial charge is 0.00225 e. The molecule has 2 N–H and O–H groups in total. The first-order valence-electron chi connectivity index (χ1n) is 6.39. The number of likely N-dealkylation sites (tertiary alicyclic amines) is 2. The van der Waals surface area contributed by atoms with Gasteiger partial charge in [0.1, 0.15) is 0 Å². The monoisotopic (exact) mass is 211 g/mol. The Balaban J connectivity index is 1.74. The Bertz CT molecular complexity index is 195. The molecule has 0 aliphatic carbocycles. The maximum atomic E-state index is 5.76. The summed E-state index contributed by atoms with van der Waals surface area (Å²) in [6, 6.07) is 0. The summed E-state index contributed by atoms with van der Waals surface area (Å²) in [5.41, 5.74) is 5.76. The highest BCUT2D eigenvalue weighted by Gasteiger charge is 2.25. The van der Waals surface area contributed by atoms with Gasteiger partial charge in [0.05, 0.1) is 0 Å². The van der Waals surface area contributed by atoms with Crippen LogP contribution in [0.15, 0.2) is 0 Å². The van der Waals surface area contributed by atoms with E-state index in [1.165, 1.54) is 52.0 Å². The van der Waals surface area contributed by atoms with Crippen LogP contribution in [0.5, 0.6) is 0 Å². The second-order valence-electron chi connectivity index (χ2n) is 5.42. The van der Waals surface area contributed by atoms with Gasteiger partial charge in [-0.1, -0.05) is 0 Å². The summed E-state index contributed by atoms with van der Waals surface area (Å²) in [4.78, 5) is 5.10. The van der Waals surface area contributed by atoms with Crippen LogP contribution in [0, 0.1) is 11.8 Å². The fraction of sp³-hybridized carbons (Fsp3) is 1.00. The molecule has 2 unspecified atom stereocenters. The van der Waals surface area contributed by atoms with Crippen molar-refractivity contribution in [3.63, 3.8) is 0 Å². The van der Waals surface area contributed by atoms with Crippen molar-refractivity contribution < 1.29 is 0 Å². The average Bonchev–Trinajstić information content (AvgIpc) is 2.64. The zero-order chi connectivity index (χ0) is 10.7. The van der Waals surface area contributed by atoms with E-state index in [9.17, 15) is 0 Å². The molecule has 0 aromatic carbocycles. The summed E-state index contributed by atoms with van der Waals surface area (Å²) in [5, 5.41) is 0. The van der Waals surface area contributed by atoms with Crippen LogP contribution in [-0.2, 0) is 0 Å². The van der Waals surface area contributed by atoms with Crippen LogP contribution in [0.3, 0.4) is 0 Å². The van der Waals surface area contributed by atoms with Crippen LogP contribution in [0.25, 0.3) is 0 Å². The number of hydrogen-bond donors (Lipinski definition) is 1. The van der Waals surface area contributed by atoms with Gasteiger partial charge in [-0.25, -0.2) is 0 Å². The first-order chi connectivity index (χ1) is 7.28. The summed E-state index contributed by atoms with van der Waals surface area (Å²) in [7, 11) is 2.24. The van der Waals surface area contributed by atoms with Gasteiger partial charge in [-0.3, -0.25) is 0 Å². The first kappa shape index (κ1) is 11.4. The minimum absolute atomic E-state index is 0.762. The van der Waals surface area contributed by atoms with Gasteiger partial charge in [-0.2, -0.15) is 0 Å². The third-order valence-electron chi connectivity index (χ3n) is 3.94. The van der Waals surface area contributed by atoms with Gasteiger partial charge in [0, 0.05) is 19.6 Å². The third-order valence-corrected chi connectivity index (χ3v) is 3.94. The zero-order valence-corrected chi connectivity index (χ0v) is 9.99. The van der Waals surface area contributed by atoms with Crippen LogP contribution >= 0.6 is 0 Å². The predicted octanol–water partition coefficient (Wildman–Crippen LogP) is 0.609. The van der Waals surface area contributed by atoms with Crippen molar-refractivity contribution in [3.8, 4) is 0 Å². The van der Waals surface area contributed by atoms with E-state index in [1.54, 1.807) is 0 Å². The van der Waals surface area contributed by atoms with Crippen LogP contribution < -0.4 is 5.73 Å². The lowest BCUT2D eigenvalue weighted by Gasteiger charge is -2.33. The SMILES string of the molecule is CN1CCC(CN2CCCC(CN)C2)C1. The molecule has 2 heterocycles. The molecule has 88 valence electrons. The Kier molecular flexibility index (Phi) is 4.00. The Morgan fingerprint density at radius 3 is 2.67 bits per heavy atom. The molecule has 0 amide bonds. The molecule has 0 saturated carbocycles. The zero-order valence-electron chi connectivity index (χ0n) is 9.99. The van der Waals surface area contributed by atoms with E-state index in [1.807, 2.05) is 0 Å². The van der Waals surface area contributed by atoms with Gasteiger partial charge < -0.3 is 15.5 Å². The third kappa shape index (κ3) is 3.16. The number of nitrogens with two attached hydrogens (primary N) is 1. The minimum Gasteiger partial charge on any atom is -0.330 e. The van der Waals surface area contributed by atoms with Crippen LogP contribution in [0.1, 0.15) is 19.3 Å². The molecule has 2 rings (SSSR count). The molecule has 0 radical (unpaired) electrons. The molecule has 0 aromatic heterocycles. The molecule has 0 aromatic rings. The van der Waals surface area contributed by atoms with E-state index >= 15 is 0 Å². The van der Waals surface area contributed by atoms with E-state index in [0.29, 0.717) is 0 Å².